The van der Waals surface area contributed by atoms with Crippen LogP contribution < -0.4 is 5.32 Å². The number of hydrogen-bond acceptors (Lipinski definition) is 2. The molecule has 0 radical (unpaired) electrons. The second kappa shape index (κ2) is 5.13. The molecule has 2 aliphatic rings. The first-order valence-corrected chi connectivity index (χ1v) is 7.70. The molecule has 2 fully saturated rings. The van der Waals surface area contributed by atoms with E-state index < -0.39 is 0 Å². The third kappa shape index (κ3) is 2.34. The third-order valence-corrected chi connectivity index (χ3v) is 5.39. The van der Waals surface area contributed by atoms with E-state index >= 15 is 0 Å². The van der Waals surface area contributed by atoms with E-state index in [0.717, 1.165) is 36.8 Å². The Hall–Kier alpha value is -0.0800. The minimum atomic E-state index is 0.319. The molecule has 0 amide bonds. The summed E-state index contributed by atoms with van der Waals surface area (Å²) in [4.78, 5) is 0. The van der Waals surface area contributed by atoms with Crippen LogP contribution >= 0.6 is 0 Å². The van der Waals surface area contributed by atoms with Gasteiger partial charge in [0.15, 0.2) is 0 Å². The first-order valence-electron chi connectivity index (χ1n) is 7.70. The van der Waals surface area contributed by atoms with E-state index in [4.69, 9.17) is 4.74 Å². The molecule has 3 unspecified atom stereocenters. The molecule has 1 saturated carbocycles. The minimum Gasteiger partial charge on any atom is -0.377 e. The number of nitrogens with one attached hydrogen (secondary N) is 1. The Morgan fingerprint density at radius 2 is 1.78 bits per heavy atom. The summed E-state index contributed by atoms with van der Waals surface area (Å²) in [6.07, 6.45) is 1.76. The summed E-state index contributed by atoms with van der Waals surface area (Å²) in [7, 11) is 0. The lowest BCUT2D eigenvalue weighted by molar-refractivity contribution is -0.113. The van der Waals surface area contributed by atoms with E-state index in [2.05, 4.69) is 46.9 Å². The van der Waals surface area contributed by atoms with Crippen molar-refractivity contribution in [3.05, 3.63) is 0 Å². The molecule has 2 heteroatoms. The molecule has 0 spiro atoms. The average molecular weight is 253 g/mol. The summed E-state index contributed by atoms with van der Waals surface area (Å²) in [6, 6.07) is 0.657. The highest BCUT2D eigenvalue weighted by Crippen LogP contribution is 2.52. The van der Waals surface area contributed by atoms with Crippen molar-refractivity contribution in [3.63, 3.8) is 0 Å². The molecule has 0 aromatic heterocycles. The van der Waals surface area contributed by atoms with E-state index in [0.29, 0.717) is 17.6 Å². The van der Waals surface area contributed by atoms with Gasteiger partial charge in [-0.05, 0) is 30.7 Å². The Balaban J connectivity index is 1.90. The zero-order valence-corrected chi connectivity index (χ0v) is 13.0. The van der Waals surface area contributed by atoms with Gasteiger partial charge in [0.25, 0.3) is 0 Å². The van der Waals surface area contributed by atoms with Crippen molar-refractivity contribution >= 4 is 0 Å². The molecule has 2 nitrogen and oxygen atoms in total. The molecule has 1 aliphatic heterocycles. The second-order valence-corrected chi connectivity index (χ2v) is 7.60. The molecular formula is C16H31NO. The number of hydrogen-bond donors (Lipinski definition) is 1. The van der Waals surface area contributed by atoms with Crippen molar-refractivity contribution < 1.29 is 4.74 Å². The predicted octanol–water partition coefficient (Wildman–Crippen LogP) is 3.32. The molecule has 0 bridgehead atoms. The van der Waals surface area contributed by atoms with E-state index in [9.17, 15) is 0 Å². The largest absolute Gasteiger partial charge is 0.377 e. The van der Waals surface area contributed by atoms with Gasteiger partial charge in [0, 0.05) is 24.0 Å². The maximum absolute atomic E-state index is 5.86. The van der Waals surface area contributed by atoms with Crippen molar-refractivity contribution in [2.24, 2.45) is 29.1 Å². The molecule has 0 aromatic rings. The summed E-state index contributed by atoms with van der Waals surface area (Å²) in [6.45, 7) is 16.2. The van der Waals surface area contributed by atoms with Crippen LogP contribution in [-0.2, 0) is 4.74 Å². The third-order valence-electron chi connectivity index (χ3n) is 5.39. The van der Waals surface area contributed by atoms with Crippen LogP contribution in [0.25, 0.3) is 0 Å². The molecule has 3 atom stereocenters. The standard InChI is InChI=1S/C16H31NO/c1-10(2)13(11(3)4)9-17-14-12-7-8-18-15(12)16(14,5)6/h10-15,17H,7-9H2,1-6H3. The zero-order chi connectivity index (χ0) is 13.5. The number of fused-ring (bicyclic) bond motifs is 1. The van der Waals surface area contributed by atoms with E-state index in [-0.39, 0.29) is 0 Å². The summed E-state index contributed by atoms with van der Waals surface area (Å²) in [5.41, 5.74) is 0.319. The fraction of sp³-hybridized carbons (Fsp3) is 1.00. The zero-order valence-electron chi connectivity index (χ0n) is 13.0. The average Bonchev–Trinajstić information content (AvgIpc) is 2.69. The van der Waals surface area contributed by atoms with Gasteiger partial charge in [-0.3, -0.25) is 0 Å². The highest BCUT2D eigenvalue weighted by atomic mass is 16.5. The van der Waals surface area contributed by atoms with Crippen LogP contribution in [0.4, 0.5) is 0 Å². The topological polar surface area (TPSA) is 21.3 Å². The van der Waals surface area contributed by atoms with Crippen LogP contribution in [0.3, 0.4) is 0 Å². The maximum atomic E-state index is 5.86. The molecule has 1 aliphatic carbocycles. The van der Waals surface area contributed by atoms with Crippen molar-refractivity contribution in [1.29, 1.82) is 0 Å². The molecular weight excluding hydrogens is 222 g/mol. The molecule has 18 heavy (non-hydrogen) atoms. The summed E-state index contributed by atoms with van der Waals surface area (Å²) < 4.78 is 5.86. The van der Waals surface area contributed by atoms with E-state index in [1.165, 1.54) is 6.42 Å². The monoisotopic (exact) mass is 253 g/mol. The van der Waals surface area contributed by atoms with Gasteiger partial charge in [-0.1, -0.05) is 41.5 Å². The molecule has 2 rings (SSSR count). The van der Waals surface area contributed by atoms with Gasteiger partial charge in [0.2, 0.25) is 0 Å². The van der Waals surface area contributed by atoms with E-state index in [1.807, 2.05) is 0 Å². The Morgan fingerprint density at radius 3 is 2.33 bits per heavy atom. The highest BCUT2D eigenvalue weighted by Gasteiger charge is 2.58. The first kappa shape index (κ1) is 14.3. The normalized spacial score (nSPS) is 34.2. The molecule has 106 valence electrons. The van der Waals surface area contributed by atoms with Gasteiger partial charge in [-0.25, -0.2) is 0 Å². The second-order valence-electron chi connectivity index (χ2n) is 7.60. The summed E-state index contributed by atoms with van der Waals surface area (Å²) >= 11 is 0. The van der Waals surface area contributed by atoms with Gasteiger partial charge in [0.1, 0.15) is 0 Å². The number of rotatable bonds is 5. The molecule has 0 aromatic carbocycles. The number of ether oxygens (including phenoxy) is 1. The Kier molecular flexibility index (Phi) is 4.08. The smallest absolute Gasteiger partial charge is 0.0685 e. The van der Waals surface area contributed by atoms with Crippen LogP contribution in [0.15, 0.2) is 0 Å². The summed E-state index contributed by atoms with van der Waals surface area (Å²) in [5, 5.41) is 3.86. The Labute approximate surface area is 113 Å². The van der Waals surface area contributed by atoms with Crippen molar-refractivity contribution in [2.45, 2.75) is 60.1 Å². The van der Waals surface area contributed by atoms with Gasteiger partial charge < -0.3 is 10.1 Å². The lowest BCUT2D eigenvalue weighted by atomic mass is 9.57. The van der Waals surface area contributed by atoms with Gasteiger partial charge >= 0.3 is 0 Å². The maximum Gasteiger partial charge on any atom is 0.0685 e. The molecule has 1 saturated heterocycles. The fourth-order valence-corrected chi connectivity index (χ4v) is 4.24. The van der Waals surface area contributed by atoms with Crippen LogP contribution in [0.1, 0.15) is 48.0 Å². The first-order chi connectivity index (χ1) is 8.35. The predicted molar refractivity (Wildman–Crippen MR) is 76.6 cm³/mol. The molecule has 1 N–H and O–H groups in total. The summed E-state index contributed by atoms with van der Waals surface area (Å²) in [5.74, 6) is 3.06. The van der Waals surface area contributed by atoms with Gasteiger partial charge in [-0.2, -0.15) is 0 Å². The Morgan fingerprint density at radius 1 is 1.17 bits per heavy atom. The van der Waals surface area contributed by atoms with E-state index in [1.54, 1.807) is 0 Å². The van der Waals surface area contributed by atoms with Crippen LogP contribution in [0.2, 0.25) is 0 Å². The van der Waals surface area contributed by atoms with Crippen LogP contribution in [0, 0.1) is 29.1 Å². The van der Waals surface area contributed by atoms with Crippen molar-refractivity contribution in [1.82, 2.24) is 5.32 Å². The Bertz CT molecular complexity index is 277. The van der Waals surface area contributed by atoms with Crippen molar-refractivity contribution in [3.8, 4) is 0 Å². The van der Waals surface area contributed by atoms with Crippen LogP contribution in [-0.4, -0.2) is 25.3 Å². The quantitative estimate of drug-likeness (QED) is 0.811. The SMILES string of the molecule is CC(C)C(CNC1C2CCOC2C1(C)C)C(C)C. The van der Waals surface area contributed by atoms with Gasteiger partial charge in [-0.15, -0.1) is 0 Å². The molecule has 1 heterocycles. The van der Waals surface area contributed by atoms with Crippen LogP contribution in [0.5, 0.6) is 0 Å². The van der Waals surface area contributed by atoms with Crippen molar-refractivity contribution in [2.75, 3.05) is 13.2 Å². The lowest BCUT2D eigenvalue weighted by Crippen LogP contribution is -2.66. The van der Waals surface area contributed by atoms with Gasteiger partial charge in [0.05, 0.1) is 6.10 Å². The lowest BCUT2D eigenvalue weighted by Gasteiger charge is -2.55. The fourth-order valence-electron chi connectivity index (χ4n) is 4.24. The highest BCUT2D eigenvalue weighted by molar-refractivity contribution is 5.11. The minimum absolute atomic E-state index is 0.319.